The second kappa shape index (κ2) is 14.8. The van der Waals surface area contributed by atoms with E-state index in [9.17, 15) is 30.7 Å². The molecule has 0 radical (unpaired) electrons. The first kappa shape index (κ1) is 34.9. The van der Waals surface area contributed by atoms with Gasteiger partial charge in [-0.1, -0.05) is 38.3 Å². The number of rotatable bonds is 10. The Morgan fingerprint density at radius 2 is 1.35 bits per heavy atom. The maximum absolute atomic E-state index is 15.4. The molecular formula is C35H42F8O3. The molecule has 0 aromatic heterocycles. The molecule has 3 aliphatic rings. The molecule has 3 fully saturated rings. The van der Waals surface area contributed by atoms with Gasteiger partial charge in [0.1, 0.15) is 28.8 Å². The van der Waals surface area contributed by atoms with Crippen molar-refractivity contribution in [1.29, 1.82) is 0 Å². The monoisotopic (exact) mass is 662 g/mol. The molecule has 2 saturated carbocycles. The SMILES string of the molecule is CCCCCC1COC(C2CCC(c3ccc(C4CCC(C(F)(F)Oc5cc(F)c(C(F)(F)F)c(F)c5)CC4)c(F)c3)CC2)OC1. The molecule has 1 heterocycles. The number of hydrogen-bond donors (Lipinski definition) is 0. The number of ether oxygens (including phenoxy) is 3. The molecule has 2 aliphatic carbocycles. The fourth-order valence-electron chi connectivity index (χ4n) is 7.39. The van der Waals surface area contributed by atoms with Gasteiger partial charge in [-0.05, 0) is 86.8 Å². The second-order valence-electron chi connectivity index (χ2n) is 13.3. The molecule has 2 aromatic carbocycles. The summed E-state index contributed by atoms with van der Waals surface area (Å²) in [5.74, 6) is -6.10. The van der Waals surface area contributed by atoms with Crippen LogP contribution in [0.1, 0.15) is 112 Å². The predicted octanol–water partition coefficient (Wildman–Crippen LogP) is 10.9. The highest BCUT2D eigenvalue weighted by Gasteiger charge is 2.45. The molecule has 0 unspecified atom stereocenters. The van der Waals surface area contributed by atoms with E-state index in [0.717, 1.165) is 50.9 Å². The zero-order valence-corrected chi connectivity index (χ0v) is 26.0. The summed E-state index contributed by atoms with van der Waals surface area (Å²) >= 11 is 0. The van der Waals surface area contributed by atoms with Crippen LogP contribution in [0.2, 0.25) is 0 Å². The zero-order valence-electron chi connectivity index (χ0n) is 26.0. The van der Waals surface area contributed by atoms with Gasteiger partial charge in [-0.15, -0.1) is 0 Å². The lowest BCUT2D eigenvalue weighted by molar-refractivity contribution is -0.229. The van der Waals surface area contributed by atoms with Crippen molar-refractivity contribution in [2.75, 3.05) is 13.2 Å². The van der Waals surface area contributed by atoms with E-state index in [1.54, 1.807) is 12.1 Å². The number of hydrogen-bond acceptors (Lipinski definition) is 3. The highest BCUT2D eigenvalue weighted by molar-refractivity contribution is 5.33. The van der Waals surface area contributed by atoms with Crippen molar-refractivity contribution in [3.8, 4) is 5.75 Å². The minimum atomic E-state index is -5.32. The minimum Gasteiger partial charge on any atom is -0.432 e. The first-order chi connectivity index (χ1) is 21.9. The van der Waals surface area contributed by atoms with E-state index < -0.39 is 41.2 Å². The molecule has 46 heavy (non-hydrogen) atoms. The summed E-state index contributed by atoms with van der Waals surface area (Å²) in [4.78, 5) is 0. The van der Waals surface area contributed by atoms with Crippen molar-refractivity contribution in [2.45, 2.75) is 114 Å². The van der Waals surface area contributed by atoms with Crippen molar-refractivity contribution in [2.24, 2.45) is 17.8 Å². The summed E-state index contributed by atoms with van der Waals surface area (Å²) in [6, 6.07) is 5.45. The molecule has 0 atom stereocenters. The fourth-order valence-corrected chi connectivity index (χ4v) is 7.39. The Balaban J connectivity index is 1.10. The van der Waals surface area contributed by atoms with Gasteiger partial charge in [0.05, 0.1) is 19.1 Å². The van der Waals surface area contributed by atoms with E-state index in [1.807, 2.05) is 6.07 Å². The van der Waals surface area contributed by atoms with Crippen LogP contribution in [-0.2, 0) is 15.7 Å². The molecule has 1 saturated heterocycles. The first-order valence-corrected chi connectivity index (χ1v) is 16.5. The molecule has 3 nitrogen and oxygen atoms in total. The summed E-state index contributed by atoms with van der Waals surface area (Å²) in [7, 11) is 0. The van der Waals surface area contributed by atoms with Crippen LogP contribution in [-0.4, -0.2) is 25.6 Å². The maximum atomic E-state index is 15.4. The van der Waals surface area contributed by atoms with Crippen LogP contribution in [0.4, 0.5) is 35.1 Å². The Bertz CT molecular complexity index is 1270. The summed E-state index contributed by atoms with van der Waals surface area (Å²) in [6.45, 7) is 3.68. The first-order valence-electron chi connectivity index (χ1n) is 16.5. The molecule has 0 spiro atoms. The molecular weight excluding hydrogens is 620 g/mol. The van der Waals surface area contributed by atoms with Gasteiger partial charge >= 0.3 is 12.3 Å². The summed E-state index contributed by atoms with van der Waals surface area (Å²) in [5, 5.41) is 0. The highest BCUT2D eigenvalue weighted by atomic mass is 19.4. The van der Waals surface area contributed by atoms with Crippen LogP contribution in [0.3, 0.4) is 0 Å². The van der Waals surface area contributed by atoms with Gasteiger partial charge in [0, 0.05) is 24.0 Å². The van der Waals surface area contributed by atoms with Gasteiger partial charge < -0.3 is 14.2 Å². The smallest absolute Gasteiger partial charge is 0.422 e. The van der Waals surface area contributed by atoms with E-state index in [1.165, 1.54) is 19.3 Å². The Hall–Kier alpha value is -2.40. The lowest BCUT2D eigenvalue weighted by Gasteiger charge is -2.38. The van der Waals surface area contributed by atoms with E-state index in [0.29, 0.717) is 17.4 Å². The van der Waals surface area contributed by atoms with E-state index in [2.05, 4.69) is 11.7 Å². The molecule has 2 aromatic rings. The number of halogens is 8. The second-order valence-corrected chi connectivity index (χ2v) is 13.3. The maximum Gasteiger partial charge on any atom is 0.422 e. The summed E-state index contributed by atoms with van der Waals surface area (Å²) < 4.78 is 128. The average Bonchev–Trinajstić information content (AvgIpc) is 3.00. The Morgan fingerprint density at radius 3 is 1.91 bits per heavy atom. The van der Waals surface area contributed by atoms with E-state index in [-0.39, 0.29) is 61.8 Å². The number of benzene rings is 2. The van der Waals surface area contributed by atoms with Gasteiger partial charge in [0.2, 0.25) is 0 Å². The average molecular weight is 663 g/mol. The number of alkyl halides is 5. The van der Waals surface area contributed by atoms with Gasteiger partial charge in [0.25, 0.3) is 0 Å². The molecule has 5 rings (SSSR count). The topological polar surface area (TPSA) is 27.7 Å². The third-order valence-corrected chi connectivity index (χ3v) is 10.1. The highest BCUT2D eigenvalue weighted by Crippen LogP contribution is 2.46. The summed E-state index contributed by atoms with van der Waals surface area (Å²) in [6.07, 6.45) is -0.580. The summed E-state index contributed by atoms with van der Waals surface area (Å²) in [5.41, 5.74) is -0.783. The van der Waals surface area contributed by atoms with Crippen molar-refractivity contribution < 1.29 is 49.3 Å². The van der Waals surface area contributed by atoms with Crippen LogP contribution in [0, 0.1) is 35.2 Å². The standard InChI is InChI=1S/C35H42F8O3/c1-2-3-4-5-21-19-44-33(45-20-21)24-8-6-22(7-9-24)25-12-15-28(29(36)16-25)23-10-13-26(14-11-23)35(42,43)46-27-17-30(37)32(31(38)18-27)34(39,40)41/h12,15-18,21-24,26,33H,2-11,13-14,19-20H2,1H3. The minimum absolute atomic E-state index is 0.0563. The Kier molecular flexibility index (Phi) is 11.2. The van der Waals surface area contributed by atoms with Crippen molar-refractivity contribution >= 4 is 0 Å². The predicted molar refractivity (Wildman–Crippen MR) is 156 cm³/mol. The normalized spacial score (nSPS) is 27.8. The largest absolute Gasteiger partial charge is 0.432 e. The third kappa shape index (κ3) is 8.35. The van der Waals surface area contributed by atoms with Crippen LogP contribution < -0.4 is 4.74 Å². The lowest BCUT2D eigenvalue weighted by Crippen LogP contribution is -2.38. The molecule has 0 N–H and O–H groups in total. The molecule has 0 bridgehead atoms. The van der Waals surface area contributed by atoms with Crippen LogP contribution in [0.5, 0.6) is 5.75 Å². The van der Waals surface area contributed by atoms with E-state index in [4.69, 9.17) is 9.47 Å². The van der Waals surface area contributed by atoms with Crippen LogP contribution in [0.25, 0.3) is 0 Å². The van der Waals surface area contributed by atoms with Crippen molar-refractivity contribution in [1.82, 2.24) is 0 Å². The molecule has 0 amide bonds. The van der Waals surface area contributed by atoms with E-state index >= 15 is 4.39 Å². The van der Waals surface area contributed by atoms with Gasteiger partial charge in [-0.25, -0.2) is 13.2 Å². The van der Waals surface area contributed by atoms with Crippen molar-refractivity contribution in [3.05, 3.63) is 64.5 Å². The molecule has 11 heteroatoms. The van der Waals surface area contributed by atoms with Gasteiger partial charge in [0.15, 0.2) is 6.29 Å². The van der Waals surface area contributed by atoms with Crippen LogP contribution in [0.15, 0.2) is 30.3 Å². The quantitative estimate of drug-likeness (QED) is 0.187. The Morgan fingerprint density at radius 1 is 0.739 bits per heavy atom. The number of unbranched alkanes of at least 4 members (excludes halogenated alkanes) is 2. The molecule has 1 aliphatic heterocycles. The fraction of sp³-hybridized carbons (Fsp3) is 0.657. The zero-order chi connectivity index (χ0) is 33.1. The van der Waals surface area contributed by atoms with Gasteiger partial charge in [-0.3, -0.25) is 0 Å². The van der Waals surface area contributed by atoms with Crippen LogP contribution >= 0.6 is 0 Å². The third-order valence-electron chi connectivity index (χ3n) is 10.1. The van der Waals surface area contributed by atoms with Gasteiger partial charge in [-0.2, -0.15) is 22.0 Å². The van der Waals surface area contributed by atoms with Crippen molar-refractivity contribution in [3.63, 3.8) is 0 Å². The Labute approximate surface area is 265 Å². The molecule has 256 valence electrons. The lowest BCUT2D eigenvalue weighted by atomic mass is 9.76.